The van der Waals surface area contributed by atoms with Gasteiger partial charge < -0.3 is 9.47 Å². The molecule has 0 N–H and O–H groups in total. The average molecular weight is 422 g/mol. The van der Waals surface area contributed by atoms with Gasteiger partial charge in [0, 0.05) is 6.54 Å². The third-order valence-electron chi connectivity index (χ3n) is 6.17. The molecule has 1 atom stereocenters. The van der Waals surface area contributed by atoms with Gasteiger partial charge in [-0.1, -0.05) is 43.3 Å². The van der Waals surface area contributed by atoms with Crippen molar-refractivity contribution < 1.29 is 9.47 Å². The van der Waals surface area contributed by atoms with Crippen molar-refractivity contribution in [3.63, 3.8) is 0 Å². The van der Waals surface area contributed by atoms with Crippen LogP contribution in [0.25, 0.3) is 0 Å². The first kappa shape index (κ1) is 21.3. The molecule has 1 fully saturated rings. The van der Waals surface area contributed by atoms with E-state index in [0.29, 0.717) is 0 Å². The zero-order valence-corrected chi connectivity index (χ0v) is 18.6. The molecule has 0 spiro atoms. The predicted octanol–water partition coefficient (Wildman–Crippen LogP) is 3.75. The van der Waals surface area contributed by atoms with Crippen molar-refractivity contribution >= 4 is 0 Å². The topological polar surface area (TPSA) is 65.3 Å². The number of likely N-dealkylation sites (tertiary alicyclic amines) is 1. The van der Waals surface area contributed by atoms with Gasteiger partial charge in [-0.25, -0.2) is 4.68 Å². The fourth-order valence-electron chi connectivity index (χ4n) is 4.28. The van der Waals surface area contributed by atoms with Crippen LogP contribution < -0.4 is 9.47 Å². The number of benzene rings is 2. The predicted molar refractivity (Wildman–Crippen MR) is 119 cm³/mol. The molecular weight excluding hydrogens is 390 g/mol. The number of piperidine rings is 1. The van der Waals surface area contributed by atoms with E-state index in [1.165, 1.54) is 18.4 Å². The normalized spacial score (nSPS) is 16.2. The highest BCUT2D eigenvalue weighted by Gasteiger charge is 2.31. The lowest BCUT2D eigenvalue weighted by Gasteiger charge is -2.36. The summed E-state index contributed by atoms with van der Waals surface area (Å²) in [5, 5.41) is 12.9. The molecular formula is C24H31N5O2. The van der Waals surface area contributed by atoms with E-state index in [0.717, 1.165) is 54.9 Å². The maximum absolute atomic E-state index is 5.58. The largest absolute Gasteiger partial charge is 0.493 e. The Morgan fingerprint density at radius 2 is 1.74 bits per heavy atom. The van der Waals surface area contributed by atoms with Gasteiger partial charge >= 0.3 is 0 Å². The monoisotopic (exact) mass is 421 g/mol. The number of rotatable bonds is 8. The molecule has 2 heterocycles. The summed E-state index contributed by atoms with van der Waals surface area (Å²) in [5.74, 6) is 3.06. The first-order valence-electron chi connectivity index (χ1n) is 11.0. The summed E-state index contributed by atoms with van der Waals surface area (Å²) in [4.78, 5) is 2.49. The second kappa shape index (κ2) is 9.92. The van der Waals surface area contributed by atoms with E-state index in [1.807, 2.05) is 16.8 Å². The molecule has 1 aliphatic heterocycles. The number of nitrogens with zero attached hydrogens (tertiary/aromatic N) is 5. The molecule has 0 aliphatic carbocycles. The second-order valence-electron chi connectivity index (χ2n) is 8.23. The van der Waals surface area contributed by atoms with Crippen molar-refractivity contribution in [3.8, 4) is 11.5 Å². The molecule has 0 radical (unpaired) electrons. The molecule has 2 aromatic carbocycles. The van der Waals surface area contributed by atoms with Gasteiger partial charge in [-0.3, -0.25) is 4.90 Å². The van der Waals surface area contributed by atoms with Crippen LogP contribution in [0.2, 0.25) is 0 Å². The fourth-order valence-corrected chi connectivity index (χ4v) is 4.28. The smallest absolute Gasteiger partial charge is 0.173 e. The van der Waals surface area contributed by atoms with E-state index in [4.69, 9.17) is 9.47 Å². The third-order valence-corrected chi connectivity index (χ3v) is 6.17. The number of hydrogen-bond donors (Lipinski definition) is 0. The zero-order valence-electron chi connectivity index (χ0n) is 18.6. The van der Waals surface area contributed by atoms with Gasteiger partial charge in [-0.15, -0.1) is 5.10 Å². The van der Waals surface area contributed by atoms with Crippen LogP contribution in [-0.2, 0) is 13.0 Å². The fraction of sp³-hybridized carbons (Fsp3) is 0.458. The quantitative estimate of drug-likeness (QED) is 0.552. The molecule has 1 aliphatic rings. The Balaban J connectivity index is 1.66. The van der Waals surface area contributed by atoms with E-state index >= 15 is 0 Å². The summed E-state index contributed by atoms with van der Waals surface area (Å²) >= 11 is 0. The van der Waals surface area contributed by atoms with E-state index in [9.17, 15) is 0 Å². The van der Waals surface area contributed by atoms with Gasteiger partial charge in [-0.2, -0.15) is 0 Å². The summed E-state index contributed by atoms with van der Waals surface area (Å²) in [5.41, 5.74) is 2.39. The number of tetrazole rings is 1. The van der Waals surface area contributed by atoms with Gasteiger partial charge in [0.1, 0.15) is 0 Å². The maximum Gasteiger partial charge on any atom is 0.173 e. The first-order valence-corrected chi connectivity index (χ1v) is 11.0. The van der Waals surface area contributed by atoms with Crippen LogP contribution in [0, 0.1) is 5.92 Å². The van der Waals surface area contributed by atoms with Gasteiger partial charge in [-0.05, 0) is 72.0 Å². The van der Waals surface area contributed by atoms with Crippen LogP contribution in [0.4, 0.5) is 0 Å². The molecule has 1 saturated heterocycles. The first-order chi connectivity index (χ1) is 15.2. The second-order valence-corrected chi connectivity index (χ2v) is 8.23. The molecule has 0 saturated carbocycles. The van der Waals surface area contributed by atoms with Crippen molar-refractivity contribution in [2.75, 3.05) is 27.3 Å². The molecule has 0 amide bonds. The number of aromatic nitrogens is 4. The van der Waals surface area contributed by atoms with Crippen molar-refractivity contribution in [2.24, 2.45) is 5.92 Å². The third kappa shape index (κ3) is 4.88. The van der Waals surface area contributed by atoms with Gasteiger partial charge in [0.05, 0.1) is 20.3 Å². The lowest BCUT2D eigenvalue weighted by atomic mass is 9.95. The number of methoxy groups -OCH3 is 2. The molecule has 4 rings (SSSR count). The molecule has 31 heavy (non-hydrogen) atoms. The Morgan fingerprint density at radius 1 is 1.00 bits per heavy atom. The molecule has 1 aromatic heterocycles. The van der Waals surface area contributed by atoms with Crippen molar-refractivity contribution in [1.29, 1.82) is 0 Å². The maximum atomic E-state index is 5.58. The van der Waals surface area contributed by atoms with Crippen LogP contribution >= 0.6 is 0 Å². The number of hydrogen-bond acceptors (Lipinski definition) is 6. The van der Waals surface area contributed by atoms with Crippen LogP contribution in [0.1, 0.15) is 42.8 Å². The Bertz CT molecular complexity index is 967. The molecule has 3 aromatic rings. The molecule has 7 nitrogen and oxygen atoms in total. The lowest BCUT2D eigenvalue weighted by Crippen LogP contribution is -2.38. The van der Waals surface area contributed by atoms with Gasteiger partial charge in [0.15, 0.2) is 17.3 Å². The Morgan fingerprint density at radius 3 is 2.45 bits per heavy atom. The molecule has 164 valence electrons. The SMILES string of the molecule is COc1ccc([C@@H](c2nnnn2CCc2ccccc2)N2CCC(C)CC2)cc1OC. The minimum absolute atomic E-state index is 0.0296. The van der Waals surface area contributed by atoms with E-state index < -0.39 is 0 Å². The number of ether oxygens (including phenoxy) is 2. The van der Waals surface area contributed by atoms with Gasteiger partial charge in [0.25, 0.3) is 0 Å². The average Bonchev–Trinajstić information content (AvgIpc) is 3.27. The highest BCUT2D eigenvalue weighted by molar-refractivity contribution is 5.45. The number of aryl methyl sites for hydroxylation is 2. The Hall–Kier alpha value is -2.93. The van der Waals surface area contributed by atoms with Crippen molar-refractivity contribution in [1.82, 2.24) is 25.1 Å². The van der Waals surface area contributed by atoms with Crippen LogP contribution in [0.15, 0.2) is 48.5 Å². The highest BCUT2D eigenvalue weighted by Crippen LogP contribution is 2.36. The summed E-state index contributed by atoms with van der Waals surface area (Å²) in [6.07, 6.45) is 3.24. The summed E-state index contributed by atoms with van der Waals surface area (Å²) < 4.78 is 13.0. The zero-order chi connectivity index (χ0) is 21.6. The standard InChI is InChI=1S/C24H31N5O2/c1-18-11-14-28(15-12-18)23(20-9-10-21(30-2)22(17-20)31-3)24-25-26-27-29(24)16-13-19-7-5-4-6-8-19/h4-10,17-18,23H,11-16H2,1-3H3/t23-/m0/s1. The van der Waals surface area contributed by atoms with Crippen LogP contribution in [0.5, 0.6) is 11.5 Å². The highest BCUT2D eigenvalue weighted by atomic mass is 16.5. The molecule has 0 bridgehead atoms. The van der Waals surface area contributed by atoms with Crippen molar-refractivity contribution in [3.05, 3.63) is 65.5 Å². The summed E-state index contributed by atoms with van der Waals surface area (Å²) in [6.45, 7) is 5.10. The van der Waals surface area contributed by atoms with Gasteiger partial charge in [0.2, 0.25) is 0 Å². The molecule has 0 unspecified atom stereocenters. The van der Waals surface area contributed by atoms with Crippen molar-refractivity contribution in [2.45, 2.75) is 38.8 Å². The Kier molecular flexibility index (Phi) is 6.82. The van der Waals surface area contributed by atoms with E-state index in [1.54, 1.807) is 14.2 Å². The minimum Gasteiger partial charge on any atom is -0.493 e. The van der Waals surface area contributed by atoms with E-state index in [-0.39, 0.29) is 6.04 Å². The van der Waals surface area contributed by atoms with Crippen LogP contribution in [-0.4, -0.2) is 52.4 Å². The minimum atomic E-state index is -0.0296. The molecule has 7 heteroatoms. The Labute approximate surface area is 184 Å². The lowest BCUT2D eigenvalue weighted by molar-refractivity contribution is 0.149. The van der Waals surface area contributed by atoms with Crippen LogP contribution in [0.3, 0.4) is 0 Å². The van der Waals surface area contributed by atoms with E-state index in [2.05, 4.69) is 63.7 Å². The summed E-state index contributed by atoms with van der Waals surface area (Å²) in [6, 6.07) is 16.5. The summed E-state index contributed by atoms with van der Waals surface area (Å²) in [7, 11) is 3.33.